The molecule has 248 valence electrons. The van der Waals surface area contributed by atoms with E-state index in [1.54, 1.807) is 0 Å². The number of hydrogen-bond acceptors (Lipinski definition) is 2. The van der Waals surface area contributed by atoms with Crippen LogP contribution in [-0.2, 0) is 0 Å². The molecule has 0 aliphatic carbocycles. The third-order valence-electron chi connectivity index (χ3n) is 10.3. The quantitative estimate of drug-likeness (QED) is 0.186. The largest absolute Gasteiger partial charge is 0.278 e. The van der Waals surface area contributed by atoms with Crippen molar-refractivity contribution >= 4 is 54.3 Å². The third-order valence-corrected chi connectivity index (χ3v) is 10.3. The van der Waals surface area contributed by atoms with E-state index in [2.05, 4.69) is 199 Å². The average Bonchev–Trinajstić information content (AvgIpc) is 3.28. The fraction of sp³-hybridized carbons (Fsp3) is 0. The maximum atomic E-state index is 5.48. The Balaban J connectivity index is 1.47. The summed E-state index contributed by atoms with van der Waals surface area (Å²) in [6.45, 7) is 0. The monoisotopic (exact) mass is 675 g/mol. The normalized spacial score (nSPS) is 11.4. The molecule has 0 saturated carbocycles. The number of rotatable bonds is 4. The number of benzene rings is 8. The molecule has 0 atom stereocenters. The van der Waals surface area contributed by atoms with Gasteiger partial charge in [-0.1, -0.05) is 170 Å². The Kier molecular flexibility index (Phi) is 7.47. The number of nitrogens with zero attached hydrogens (tertiary/aromatic N) is 3. The first kappa shape index (κ1) is 30.7. The van der Waals surface area contributed by atoms with Crippen molar-refractivity contribution in [3.8, 4) is 39.5 Å². The van der Waals surface area contributed by atoms with Crippen molar-refractivity contribution in [2.24, 2.45) is 0 Å². The third kappa shape index (κ3) is 5.38. The molecule has 0 saturated heterocycles. The van der Waals surface area contributed by atoms with Crippen molar-refractivity contribution in [2.45, 2.75) is 0 Å². The molecule has 0 fully saturated rings. The molecule has 0 amide bonds. The molecule has 8 aromatic carbocycles. The predicted molar refractivity (Wildman–Crippen MR) is 223 cm³/mol. The lowest BCUT2D eigenvalue weighted by Gasteiger charge is -2.16. The summed E-state index contributed by atoms with van der Waals surface area (Å²) in [6.07, 6.45) is 0. The lowest BCUT2D eigenvalue weighted by Crippen LogP contribution is -2.05. The maximum Gasteiger partial charge on any atom is 0.235 e. The van der Waals surface area contributed by atoms with Crippen LogP contribution < -0.4 is 0 Å². The molecule has 0 unspecified atom stereocenters. The topological polar surface area (TPSA) is 30.7 Å². The molecule has 53 heavy (non-hydrogen) atoms. The molecule has 2 heterocycles. The van der Waals surface area contributed by atoms with E-state index >= 15 is 0 Å². The highest BCUT2D eigenvalue weighted by Gasteiger charge is 2.17. The smallest absolute Gasteiger partial charge is 0.235 e. The van der Waals surface area contributed by atoms with E-state index in [0.29, 0.717) is 5.95 Å². The Morgan fingerprint density at radius 1 is 0.283 bits per heavy atom. The molecule has 0 N–H and O–H groups in total. The van der Waals surface area contributed by atoms with Gasteiger partial charge in [0.1, 0.15) is 0 Å². The molecule has 0 bridgehead atoms. The van der Waals surface area contributed by atoms with Gasteiger partial charge in [0.15, 0.2) is 0 Å². The highest BCUT2D eigenvalue weighted by molar-refractivity contribution is 6.20. The first-order chi connectivity index (χ1) is 26.3. The fourth-order valence-corrected chi connectivity index (χ4v) is 7.75. The summed E-state index contributed by atoms with van der Waals surface area (Å²) in [5.74, 6) is 0.613. The number of para-hydroxylation sites is 1. The van der Waals surface area contributed by atoms with Gasteiger partial charge < -0.3 is 0 Å². The summed E-state index contributed by atoms with van der Waals surface area (Å²) in [5, 5.41) is 7.88. The fourth-order valence-electron chi connectivity index (χ4n) is 7.75. The van der Waals surface area contributed by atoms with E-state index in [0.717, 1.165) is 65.9 Å². The van der Waals surface area contributed by atoms with E-state index in [9.17, 15) is 0 Å². The van der Waals surface area contributed by atoms with Gasteiger partial charge in [0, 0.05) is 21.7 Å². The van der Waals surface area contributed by atoms with Gasteiger partial charge in [0.2, 0.25) is 5.95 Å². The number of aromatic nitrogens is 3. The zero-order valence-corrected chi connectivity index (χ0v) is 28.9. The van der Waals surface area contributed by atoms with Crippen LogP contribution in [0.4, 0.5) is 0 Å². The standard InChI is InChI=1S/C50H33N3/c1-4-16-34(17-5-1)37-28-30-47-44(32-37)41-24-12-10-22-39(41)40-23-11-13-25-42(40)45-33-38(35-18-6-2-7-19-35)29-31-48(45)53(47)50-51-46-27-15-14-26-43(46)49(52-50)36-20-8-3-9-21-36/h1-33H. The maximum absolute atomic E-state index is 5.48. The predicted octanol–water partition coefficient (Wildman–Crippen LogP) is 13.2. The lowest BCUT2D eigenvalue weighted by molar-refractivity contribution is 1.01. The van der Waals surface area contributed by atoms with Gasteiger partial charge in [0.05, 0.1) is 22.2 Å². The van der Waals surface area contributed by atoms with Crippen LogP contribution in [0.2, 0.25) is 0 Å². The van der Waals surface area contributed by atoms with Crippen molar-refractivity contribution in [3.05, 3.63) is 200 Å². The SMILES string of the molecule is c1ccc(-c2ccc3c(c2)c2ccccc2c2ccccc2c2cc(-c4ccccc4)ccc2n3-c2nc(-c3ccccc3)c3ccccc3n2)cc1. The summed E-state index contributed by atoms with van der Waals surface area (Å²) in [5.41, 5.74) is 9.49. The van der Waals surface area contributed by atoms with Crippen LogP contribution in [0.25, 0.3) is 93.7 Å². The average molecular weight is 676 g/mol. The van der Waals surface area contributed by atoms with Crippen LogP contribution in [0, 0.1) is 0 Å². The molecule has 0 spiro atoms. The van der Waals surface area contributed by atoms with E-state index in [1.807, 2.05) is 6.07 Å². The van der Waals surface area contributed by atoms with E-state index < -0.39 is 0 Å². The summed E-state index contributed by atoms with van der Waals surface area (Å²) >= 11 is 0. The van der Waals surface area contributed by atoms with Crippen LogP contribution >= 0.6 is 0 Å². The van der Waals surface area contributed by atoms with Crippen LogP contribution in [-0.4, -0.2) is 14.5 Å². The molecule has 10 rings (SSSR count). The Morgan fingerprint density at radius 2 is 0.679 bits per heavy atom. The van der Waals surface area contributed by atoms with Crippen molar-refractivity contribution in [1.29, 1.82) is 0 Å². The van der Waals surface area contributed by atoms with Gasteiger partial charge in [-0.2, -0.15) is 0 Å². The van der Waals surface area contributed by atoms with Gasteiger partial charge in [-0.3, -0.25) is 4.57 Å². The van der Waals surface area contributed by atoms with Gasteiger partial charge in [-0.15, -0.1) is 0 Å². The second kappa shape index (κ2) is 12.9. The minimum atomic E-state index is 0.613. The lowest BCUT2D eigenvalue weighted by atomic mass is 9.98. The Hall–Kier alpha value is -7.10. The molecular formula is C50H33N3. The number of hydrogen-bond donors (Lipinski definition) is 0. The molecule has 2 aromatic heterocycles. The molecule has 10 aromatic rings. The van der Waals surface area contributed by atoms with E-state index in [-0.39, 0.29) is 0 Å². The molecule has 0 aliphatic heterocycles. The van der Waals surface area contributed by atoms with Crippen LogP contribution in [0.15, 0.2) is 200 Å². The van der Waals surface area contributed by atoms with Gasteiger partial charge in [0.25, 0.3) is 0 Å². The Labute approximate surface area is 307 Å². The summed E-state index contributed by atoms with van der Waals surface area (Å²) in [7, 11) is 0. The van der Waals surface area contributed by atoms with E-state index in [4.69, 9.17) is 9.97 Å². The van der Waals surface area contributed by atoms with Crippen molar-refractivity contribution < 1.29 is 0 Å². The summed E-state index contributed by atoms with van der Waals surface area (Å²) < 4.78 is 2.28. The number of fused-ring (bicyclic) bond motifs is 8. The molecule has 0 aliphatic rings. The van der Waals surface area contributed by atoms with Gasteiger partial charge in [-0.05, 0) is 74.1 Å². The van der Waals surface area contributed by atoms with E-state index in [1.165, 1.54) is 21.9 Å². The second-order valence-electron chi connectivity index (χ2n) is 13.4. The Bertz CT molecular complexity index is 2890. The Morgan fingerprint density at radius 3 is 1.17 bits per heavy atom. The molecular weight excluding hydrogens is 643 g/mol. The molecule has 3 nitrogen and oxygen atoms in total. The highest BCUT2D eigenvalue weighted by Crippen LogP contribution is 2.38. The summed E-state index contributed by atoms with van der Waals surface area (Å²) in [4.78, 5) is 10.9. The van der Waals surface area contributed by atoms with Crippen LogP contribution in [0.5, 0.6) is 0 Å². The van der Waals surface area contributed by atoms with Gasteiger partial charge >= 0.3 is 0 Å². The van der Waals surface area contributed by atoms with Crippen LogP contribution in [0.3, 0.4) is 0 Å². The van der Waals surface area contributed by atoms with Crippen molar-refractivity contribution in [1.82, 2.24) is 14.5 Å². The second-order valence-corrected chi connectivity index (χ2v) is 13.4. The summed E-state index contributed by atoms with van der Waals surface area (Å²) in [6, 6.07) is 71.2. The first-order valence-electron chi connectivity index (χ1n) is 18.0. The molecule has 3 heteroatoms. The zero-order chi connectivity index (χ0) is 35.1. The zero-order valence-electron chi connectivity index (χ0n) is 28.9. The minimum absolute atomic E-state index is 0.613. The highest BCUT2D eigenvalue weighted by atomic mass is 15.2. The van der Waals surface area contributed by atoms with Crippen LogP contribution in [0.1, 0.15) is 0 Å². The first-order valence-corrected chi connectivity index (χ1v) is 18.0. The van der Waals surface area contributed by atoms with Crippen molar-refractivity contribution in [2.75, 3.05) is 0 Å². The minimum Gasteiger partial charge on any atom is -0.278 e. The van der Waals surface area contributed by atoms with Gasteiger partial charge in [-0.25, -0.2) is 9.97 Å². The molecule has 0 radical (unpaired) electrons. The van der Waals surface area contributed by atoms with Crippen molar-refractivity contribution in [3.63, 3.8) is 0 Å².